The van der Waals surface area contributed by atoms with Gasteiger partial charge in [-0.1, -0.05) is 19.3 Å². The molecule has 0 saturated heterocycles. The highest BCUT2D eigenvalue weighted by Gasteiger charge is 2.44. The number of hydrogen-bond acceptors (Lipinski definition) is 1. The molecule has 0 radical (unpaired) electrons. The van der Waals surface area contributed by atoms with E-state index in [0.717, 1.165) is 11.3 Å². The first kappa shape index (κ1) is 11.4. The van der Waals surface area contributed by atoms with E-state index in [9.17, 15) is 0 Å². The molecule has 2 aliphatic carbocycles. The summed E-state index contributed by atoms with van der Waals surface area (Å²) < 4.78 is 0. The molecule has 2 rings (SSSR count). The summed E-state index contributed by atoms with van der Waals surface area (Å²) in [6.45, 7) is 5.93. The van der Waals surface area contributed by atoms with Crippen LogP contribution in [0.3, 0.4) is 0 Å². The summed E-state index contributed by atoms with van der Waals surface area (Å²) in [4.78, 5) is 2.51. The average molecular weight is 209 g/mol. The predicted molar refractivity (Wildman–Crippen MR) is 66.0 cm³/mol. The van der Waals surface area contributed by atoms with Gasteiger partial charge in [0, 0.05) is 12.6 Å². The van der Waals surface area contributed by atoms with Crippen LogP contribution >= 0.6 is 0 Å². The molecule has 0 aromatic carbocycles. The second kappa shape index (κ2) is 4.45. The first-order chi connectivity index (χ1) is 7.11. The molecule has 2 saturated carbocycles. The van der Waals surface area contributed by atoms with Gasteiger partial charge in [-0.25, -0.2) is 0 Å². The zero-order chi connectivity index (χ0) is 10.9. The van der Waals surface area contributed by atoms with Crippen molar-refractivity contribution in [1.82, 2.24) is 4.90 Å². The van der Waals surface area contributed by atoms with Crippen molar-refractivity contribution < 1.29 is 0 Å². The van der Waals surface area contributed by atoms with E-state index in [0.29, 0.717) is 6.04 Å². The van der Waals surface area contributed by atoms with Crippen LogP contribution in [0.15, 0.2) is 0 Å². The van der Waals surface area contributed by atoms with E-state index in [1.807, 2.05) is 0 Å². The fourth-order valence-electron chi connectivity index (χ4n) is 3.62. The molecule has 0 atom stereocenters. The summed E-state index contributed by atoms with van der Waals surface area (Å²) >= 11 is 0. The molecular weight excluding hydrogens is 182 g/mol. The first-order valence-electron chi connectivity index (χ1n) is 6.82. The van der Waals surface area contributed by atoms with Crippen molar-refractivity contribution in [2.75, 3.05) is 13.6 Å². The van der Waals surface area contributed by atoms with E-state index in [2.05, 4.69) is 25.8 Å². The van der Waals surface area contributed by atoms with Crippen LogP contribution in [0.2, 0.25) is 0 Å². The maximum absolute atomic E-state index is 2.51. The Morgan fingerprint density at radius 2 is 1.73 bits per heavy atom. The van der Waals surface area contributed by atoms with Gasteiger partial charge >= 0.3 is 0 Å². The topological polar surface area (TPSA) is 3.24 Å². The van der Waals surface area contributed by atoms with Crippen LogP contribution in [0.4, 0.5) is 0 Å². The highest BCUT2D eigenvalue weighted by Crippen LogP contribution is 2.54. The number of nitrogens with zero attached hydrogens (tertiary/aromatic N) is 1. The van der Waals surface area contributed by atoms with E-state index in [-0.39, 0.29) is 0 Å². The normalized spacial score (nSPS) is 26.2. The second-order valence-electron chi connectivity index (χ2n) is 6.37. The van der Waals surface area contributed by atoms with E-state index in [1.165, 1.54) is 51.5 Å². The summed E-state index contributed by atoms with van der Waals surface area (Å²) in [6.07, 6.45) is 10.6. The van der Waals surface area contributed by atoms with Crippen molar-refractivity contribution >= 4 is 0 Å². The summed E-state index contributed by atoms with van der Waals surface area (Å²) in [5, 5.41) is 0. The SMILES string of the molecule is CC(C)N(C)CC1CC2(CCCCC2)C1. The predicted octanol–water partition coefficient (Wildman–Crippen LogP) is 3.69. The fourth-order valence-corrected chi connectivity index (χ4v) is 3.62. The molecule has 0 N–H and O–H groups in total. The lowest BCUT2D eigenvalue weighted by molar-refractivity contribution is -0.00327. The van der Waals surface area contributed by atoms with Gasteiger partial charge in [0.05, 0.1) is 0 Å². The Hall–Kier alpha value is -0.0400. The van der Waals surface area contributed by atoms with Gasteiger partial charge in [-0.3, -0.25) is 0 Å². The number of hydrogen-bond donors (Lipinski definition) is 0. The fraction of sp³-hybridized carbons (Fsp3) is 1.00. The molecule has 0 unspecified atom stereocenters. The lowest BCUT2D eigenvalue weighted by Gasteiger charge is -2.51. The molecule has 1 heteroatoms. The van der Waals surface area contributed by atoms with Crippen LogP contribution in [-0.2, 0) is 0 Å². The molecule has 88 valence electrons. The third-order valence-corrected chi connectivity index (χ3v) is 4.79. The Balaban J connectivity index is 1.72. The van der Waals surface area contributed by atoms with Gasteiger partial charge in [0.1, 0.15) is 0 Å². The van der Waals surface area contributed by atoms with Crippen molar-refractivity contribution in [3.05, 3.63) is 0 Å². The smallest absolute Gasteiger partial charge is 0.00356 e. The van der Waals surface area contributed by atoms with Gasteiger partial charge in [-0.15, -0.1) is 0 Å². The zero-order valence-corrected chi connectivity index (χ0v) is 10.8. The number of rotatable bonds is 3. The lowest BCUT2D eigenvalue weighted by atomic mass is 9.56. The van der Waals surface area contributed by atoms with Gasteiger partial charge in [0.2, 0.25) is 0 Å². The van der Waals surface area contributed by atoms with Crippen molar-refractivity contribution in [1.29, 1.82) is 0 Å². The molecule has 0 heterocycles. The first-order valence-corrected chi connectivity index (χ1v) is 6.82. The zero-order valence-electron chi connectivity index (χ0n) is 10.8. The van der Waals surface area contributed by atoms with Gasteiger partial charge < -0.3 is 4.90 Å². The summed E-state index contributed by atoms with van der Waals surface area (Å²) in [5.41, 5.74) is 0.820. The molecule has 0 aromatic heterocycles. The van der Waals surface area contributed by atoms with E-state index >= 15 is 0 Å². The minimum absolute atomic E-state index is 0.716. The van der Waals surface area contributed by atoms with Crippen LogP contribution in [0.25, 0.3) is 0 Å². The summed E-state index contributed by atoms with van der Waals surface area (Å²) in [6, 6.07) is 0.716. The minimum atomic E-state index is 0.716. The lowest BCUT2D eigenvalue weighted by Crippen LogP contribution is -2.44. The standard InChI is InChI=1S/C14H27N/c1-12(2)15(3)11-13-9-14(10-13)7-5-4-6-8-14/h12-13H,4-11H2,1-3H3. The highest BCUT2D eigenvalue weighted by molar-refractivity contribution is 4.96. The van der Waals surface area contributed by atoms with Gasteiger partial charge in [0.15, 0.2) is 0 Å². The third-order valence-electron chi connectivity index (χ3n) is 4.79. The maximum atomic E-state index is 2.51. The van der Waals surface area contributed by atoms with Gasteiger partial charge in [0.25, 0.3) is 0 Å². The second-order valence-corrected chi connectivity index (χ2v) is 6.37. The van der Waals surface area contributed by atoms with Crippen LogP contribution in [-0.4, -0.2) is 24.5 Å². The van der Waals surface area contributed by atoms with Crippen molar-refractivity contribution in [2.45, 2.75) is 64.8 Å². The molecule has 0 aliphatic heterocycles. The quantitative estimate of drug-likeness (QED) is 0.685. The largest absolute Gasteiger partial charge is 0.304 e. The Morgan fingerprint density at radius 1 is 1.13 bits per heavy atom. The highest BCUT2D eigenvalue weighted by atomic mass is 15.1. The van der Waals surface area contributed by atoms with Crippen molar-refractivity contribution in [3.8, 4) is 0 Å². The van der Waals surface area contributed by atoms with Gasteiger partial charge in [-0.05, 0) is 57.9 Å². The summed E-state index contributed by atoms with van der Waals surface area (Å²) in [5.74, 6) is 1.01. The van der Waals surface area contributed by atoms with Crippen LogP contribution in [0.5, 0.6) is 0 Å². The molecular formula is C14H27N. The van der Waals surface area contributed by atoms with Crippen molar-refractivity contribution in [2.24, 2.45) is 11.3 Å². The molecule has 1 spiro atoms. The Labute approximate surface area is 95.2 Å². The molecule has 2 aliphatic rings. The van der Waals surface area contributed by atoms with Crippen LogP contribution < -0.4 is 0 Å². The molecule has 1 nitrogen and oxygen atoms in total. The molecule has 15 heavy (non-hydrogen) atoms. The Morgan fingerprint density at radius 3 is 2.27 bits per heavy atom. The van der Waals surface area contributed by atoms with E-state index in [4.69, 9.17) is 0 Å². The minimum Gasteiger partial charge on any atom is -0.304 e. The molecule has 0 aromatic rings. The Kier molecular flexibility index (Phi) is 3.39. The molecule has 0 bridgehead atoms. The molecule has 0 amide bonds. The maximum Gasteiger partial charge on any atom is 0.00356 e. The third kappa shape index (κ3) is 2.55. The summed E-state index contributed by atoms with van der Waals surface area (Å²) in [7, 11) is 2.27. The van der Waals surface area contributed by atoms with E-state index in [1.54, 1.807) is 0 Å². The van der Waals surface area contributed by atoms with E-state index < -0.39 is 0 Å². The van der Waals surface area contributed by atoms with Gasteiger partial charge in [-0.2, -0.15) is 0 Å². The monoisotopic (exact) mass is 209 g/mol. The molecule has 2 fully saturated rings. The Bertz CT molecular complexity index is 195. The van der Waals surface area contributed by atoms with Crippen LogP contribution in [0.1, 0.15) is 58.8 Å². The average Bonchev–Trinajstić information content (AvgIpc) is 2.16. The van der Waals surface area contributed by atoms with Crippen molar-refractivity contribution in [3.63, 3.8) is 0 Å². The van der Waals surface area contributed by atoms with Crippen LogP contribution in [0, 0.1) is 11.3 Å².